The highest BCUT2D eigenvalue weighted by atomic mass is 32.2. The molecule has 1 aliphatic rings. The second kappa shape index (κ2) is 9.02. The number of carbonyl (C=O) groups is 1. The molecule has 0 bridgehead atoms. The Morgan fingerprint density at radius 3 is 2.25 bits per heavy atom. The summed E-state index contributed by atoms with van der Waals surface area (Å²) in [5, 5.41) is 2.63. The van der Waals surface area contributed by atoms with Crippen LogP contribution in [-0.4, -0.2) is 49.8 Å². The second-order valence-corrected chi connectivity index (χ2v) is 9.20. The molecule has 6 nitrogen and oxygen atoms in total. The van der Waals surface area contributed by atoms with E-state index in [0.29, 0.717) is 11.6 Å². The number of benzene rings is 2. The van der Waals surface area contributed by atoms with Crippen molar-refractivity contribution in [1.29, 1.82) is 0 Å². The summed E-state index contributed by atoms with van der Waals surface area (Å²) >= 11 is 0. The van der Waals surface area contributed by atoms with Gasteiger partial charge in [-0.2, -0.15) is 17.5 Å². The Morgan fingerprint density at radius 2 is 1.66 bits per heavy atom. The Balaban J connectivity index is 1.63. The van der Waals surface area contributed by atoms with Gasteiger partial charge >= 0.3 is 12.2 Å². The maximum Gasteiger partial charge on any atom is 0.416 e. The molecule has 1 heterocycles. The van der Waals surface area contributed by atoms with Crippen molar-refractivity contribution in [2.75, 3.05) is 26.2 Å². The minimum atomic E-state index is -4.67. The molecule has 3 rings (SSSR count). The maximum atomic E-state index is 13.4. The van der Waals surface area contributed by atoms with E-state index in [4.69, 9.17) is 0 Å². The minimum Gasteiger partial charge on any atom is -0.331 e. The van der Waals surface area contributed by atoms with Gasteiger partial charge in [0, 0.05) is 26.2 Å². The van der Waals surface area contributed by atoms with Gasteiger partial charge in [-0.15, -0.1) is 0 Å². The summed E-state index contributed by atoms with van der Waals surface area (Å²) in [7, 11) is -4.17. The van der Waals surface area contributed by atoms with Gasteiger partial charge in [0.05, 0.1) is 16.5 Å². The van der Waals surface area contributed by atoms with Crippen molar-refractivity contribution in [2.24, 2.45) is 0 Å². The lowest BCUT2D eigenvalue weighted by Gasteiger charge is -2.34. The van der Waals surface area contributed by atoms with Gasteiger partial charge in [-0.1, -0.05) is 12.1 Å². The molecule has 1 aliphatic heterocycles. The fraction of sp³-hybridized carbons (Fsp3) is 0.350. The lowest BCUT2D eigenvalue weighted by molar-refractivity contribution is -0.137. The molecule has 0 radical (unpaired) electrons. The number of nitrogens with one attached hydrogen (secondary N) is 1. The number of piperazine rings is 1. The van der Waals surface area contributed by atoms with E-state index in [9.17, 15) is 35.2 Å². The summed E-state index contributed by atoms with van der Waals surface area (Å²) in [6.07, 6.45) is -4.67. The number of halogens is 5. The van der Waals surface area contributed by atoms with Crippen molar-refractivity contribution < 1.29 is 35.2 Å². The smallest absolute Gasteiger partial charge is 0.331 e. The third-order valence-corrected chi connectivity index (χ3v) is 7.00. The predicted molar refractivity (Wildman–Crippen MR) is 105 cm³/mol. The van der Waals surface area contributed by atoms with Gasteiger partial charge in [0.2, 0.25) is 10.0 Å². The van der Waals surface area contributed by atoms with Crippen LogP contribution < -0.4 is 5.32 Å². The van der Waals surface area contributed by atoms with E-state index < -0.39 is 50.4 Å². The summed E-state index contributed by atoms with van der Waals surface area (Å²) in [5.41, 5.74) is -0.717. The first-order valence-electron chi connectivity index (χ1n) is 9.57. The number of hydrogen-bond donors (Lipinski definition) is 1. The Labute approximate surface area is 181 Å². The molecule has 2 aromatic rings. The highest BCUT2D eigenvalue weighted by Gasteiger charge is 2.34. The van der Waals surface area contributed by atoms with Crippen LogP contribution in [0.5, 0.6) is 0 Å². The van der Waals surface area contributed by atoms with Crippen LogP contribution in [0.4, 0.5) is 26.7 Å². The lowest BCUT2D eigenvalue weighted by Crippen LogP contribution is -2.53. The van der Waals surface area contributed by atoms with E-state index in [1.54, 1.807) is 6.92 Å². The number of nitrogens with zero attached hydrogens (tertiary/aromatic N) is 2. The van der Waals surface area contributed by atoms with E-state index in [-0.39, 0.29) is 26.2 Å². The van der Waals surface area contributed by atoms with Gasteiger partial charge in [0.15, 0.2) is 11.6 Å². The molecule has 2 aromatic carbocycles. The summed E-state index contributed by atoms with van der Waals surface area (Å²) in [4.78, 5) is 13.3. The first-order valence-corrected chi connectivity index (χ1v) is 11.0. The fourth-order valence-electron chi connectivity index (χ4n) is 3.26. The average Bonchev–Trinajstić information content (AvgIpc) is 2.75. The molecule has 0 aliphatic carbocycles. The maximum absolute atomic E-state index is 13.4. The molecule has 1 saturated heterocycles. The Bertz CT molecular complexity index is 1100. The van der Waals surface area contributed by atoms with Gasteiger partial charge < -0.3 is 10.2 Å². The largest absolute Gasteiger partial charge is 0.416 e. The summed E-state index contributed by atoms with van der Waals surface area (Å²) in [6, 6.07) is 5.58. The van der Waals surface area contributed by atoms with Crippen molar-refractivity contribution in [1.82, 2.24) is 14.5 Å². The normalized spacial score (nSPS) is 16.6. The topological polar surface area (TPSA) is 69.7 Å². The molecule has 1 atom stereocenters. The van der Waals surface area contributed by atoms with Crippen LogP contribution in [0.2, 0.25) is 0 Å². The number of amides is 2. The number of rotatable bonds is 4. The van der Waals surface area contributed by atoms with Gasteiger partial charge in [0.25, 0.3) is 0 Å². The van der Waals surface area contributed by atoms with E-state index >= 15 is 0 Å². The standard InChI is InChI=1S/C20H20F5N3O3S/c1-13(14-5-6-17(21)18(22)11-14)26-19(29)27-7-9-28(10-8-27)32(30,31)16-4-2-3-15(12-16)20(23,24)25/h2-6,11-13H,7-10H2,1H3,(H,26,29). The predicted octanol–water partition coefficient (Wildman–Crippen LogP) is 3.76. The van der Waals surface area contributed by atoms with Gasteiger partial charge in [0.1, 0.15) is 0 Å². The highest BCUT2D eigenvalue weighted by molar-refractivity contribution is 7.89. The molecule has 1 fully saturated rings. The van der Waals surface area contributed by atoms with Crippen LogP contribution >= 0.6 is 0 Å². The molecule has 12 heteroatoms. The van der Waals surface area contributed by atoms with Crippen molar-refractivity contribution in [3.63, 3.8) is 0 Å². The number of carbonyl (C=O) groups excluding carboxylic acids is 1. The number of sulfonamides is 1. The molecule has 0 spiro atoms. The molecule has 32 heavy (non-hydrogen) atoms. The van der Waals surface area contributed by atoms with Crippen LogP contribution in [0.15, 0.2) is 47.4 Å². The number of hydrogen-bond acceptors (Lipinski definition) is 3. The SMILES string of the molecule is CC(NC(=O)N1CCN(S(=O)(=O)c2cccc(C(F)(F)F)c2)CC1)c1ccc(F)c(F)c1. The number of urea groups is 1. The Morgan fingerprint density at radius 1 is 1.00 bits per heavy atom. The number of alkyl halides is 3. The first-order chi connectivity index (χ1) is 14.9. The zero-order valence-corrected chi connectivity index (χ0v) is 17.7. The van der Waals surface area contributed by atoms with Crippen molar-refractivity contribution in [3.05, 3.63) is 65.2 Å². The molecular formula is C20H20F5N3O3S. The quantitative estimate of drug-likeness (QED) is 0.682. The van der Waals surface area contributed by atoms with Crippen molar-refractivity contribution >= 4 is 16.1 Å². The zero-order valence-electron chi connectivity index (χ0n) is 16.9. The Kier molecular flexibility index (Phi) is 6.75. The van der Waals surface area contributed by atoms with Gasteiger partial charge in [-0.05, 0) is 42.8 Å². The van der Waals surface area contributed by atoms with Crippen LogP contribution in [0.3, 0.4) is 0 Å². The third kappa shape index (κ3) is 5.18. The van der Waals surface area contributed by atoms with Crippen LogP contribution in [0, 0.1) is 11.6 Å². The van der Waals surface area contributed by atoms with Crippen molar-refractivity contribution in [3.8, 4) is 0 Å². The molecule has 1 N–H and O–H groups in total. The van der Waals surface area contributed by atoms with Crippen LogP contribution in [0.1, 0.15) is 24.1 Å². The third-order valence-electron chi connectivity index (χ3n) is 5.11. The van der Waals surface area contributed by atoms with Gasteiger partial charge in [-0.25, -0.2) is 22.0 Å². The summed E-state index contributed by atoms with van der Waals surface area (Å²) < 4.78 is 91.7. The molecule has 0 saturated carbocycles. The second-order valence-electron chi connectivity index (χ2n) is 7.26. The van der Waals surface area contributed by atoms with Crippen LogP contribution in [-0.2, 0) is 16.2 Å². The minimum absolute atomic E-state index is 0.00846. The van der Waals surface area contributed by atoms with Crippen molar-refractivity contribution in [2.45, 2.75) is 24.0 Å². The van der Waals surface area contributed by atoms with Gasteiger partial charge in [-0.3, -0.25) is 0 Å². The lowest BCUT2D eigenvalue weighted by atomic mass is 10.1. The summed E-state index contributed by atoms with van der Waals surface area (Å²) in [6.45, 7) is 1.39. The fourth-order valence-corrected chi connectivity index (χ4v) is 4.72. The first kappa shape index (κ1) is 23.9. The Hall–Kier alpha value is -2.73. The average molecular weight is 477 g/mol. The van der Waals surface area contributed by atoms with E-state index in [2.05, 4.69) is 5.32 Å². The van der Waals surface area contributed by atoms with E-state index in [1.165, 1.54) is 11.0 Å². The zero-order chi connectivity index (χ0) is 23.7. The van der Waals surface area contributed by atoms with E-state index in [1.807, 2.05) is 0 Å². The highest BCUT2D eigenvalue weighted by Crippen LogP contribution is 2.31. The molecule has 0 aromatic heterocycles. The van der Waals surface area contributed by atoms with Crippen LogP contribution in [0.25, 0.3) is 0 Å². The summed E-state index contributed by atoms with van der Waals surface area (Å²) in [5.74, 6) is -2.05. The molecule has 174 valence electrons. The molecular weight excluding hydrogens is 457 g/mol. The molecule has 2 amide bonds. The van der Waals surface area contributed by atoms with E-state index in [0.717, 1.165) is 34.6 Å². The monoisotopic (exact) mass is 477 g/mol. The molecule has 1 unspecified atom stereocenters.